The molecule has 0 unspecified atom stereocenters. The van der Waals surface area contributed by atoms with Crippen LogP contribution in [0.4, 0.5) is 0 Å². The number of carbonyl (C=O) groups excluding carboxylic acids is 1. The minimum absolute atomic E-state index is 0.160. The van der Waals surface area contributed by atoms with Crippen molar-refractivity contribution in [2.45, 2.75) is 25.8 Å². The fourth-order valence-electron chi connectivity index (χ4n) is 1.25. The van der Waals surface area contributed by atoms with Gasteiger partial charge in [0.25, 0.3) is 0 Å². The standard InChI is InChI=1S/C7H12NO/c1-6-4-3-5-8(6)7(2)9/h6H,1,3-5H2,2H3/t6-/m0/s1. The number of hydrogen-bond acceptors (Lipinski definition) is 1. The van der Waals surface area contributed by atoms with Gasteiger partial charge >= 0.3 is 0 Å². The van der Waals surface area contributed by atoms with Gasteiger partial charge in [0, 0.05) is 19.5 Å². The number of carbonyl (C=O) groups is 1. The first-order chi connectivity index (χ1) is 4.22. The molecule has 1 amide bonds. The Bertz CT molecular complexity index is 122. The van der Waals surface area contributed by atoms with Gasteiger partial charge in [-0.3, -0.25) is 4.79 Å². The van der Waals surface area contributed by atoms with Crippen molar-refractivity contribution < 1.29 is 4.79 Å². The number of hydrogen-bond donors (Lipinski definition) is 0. The first-order valence-corrected chi connectivity index (χ1v) is 3.32. The molecule has 1 radical (unpaired) electrons. The highest BCUT2D eigenvalue weighted by atomic mass is 16.2. The summed E-state index contributed by atoms with van der Waals surface area (Å²) in [6.07, 6.45) is 2.19. The Morgan fingerprint density at radius 3 is 2.67 bits per heavy atom. The van der Waals surface area contributed by atoms with E-state index in [0.717, 1.165) is 19.4 Å². The third kappa shape index (κ3) is 1.23. The van der Waals surface area contributed by atoms with Crippen LogP contribution in [0.3, 0.4) is 0 Å². The van der Waals surface area contributed by atoms with Crippen LogP contribution in [0.25, 0.3) is 0 Å². The van der Waals surface area contributed by atoms with Gasteiger partial charge in [0.15, 0.2) is 0 Å². The van der Waals surface area contributed by atoms with E-state index in [2.05, 4.69) is 6.92 Å². The van der Waals surface area contributed by atoms with E-state index in [9.17, 15) is 4.79 Å². The van der Waals surface area contributed by atoms with Crippen molar-refractivity contribution in [2.75, 3.05) is 6.54 Å². The number of amides is 1. The van der Waals surface area contributed by atoms with Gasteiger partial charge in [0.1, 0.15) is 0 Å². The molecule has 0 aliphatic carbocycles. The molecule has 0 N–H and O–H groups in total. The zero-order valence-corrected chi connectivity index (χ0v) is 5.76. The Kier molecular flexibility index (Phi) is 1.74. The molecule has 1 saturated heterocycles. The molecule has 0 bridgehead atoms. The maximum atomic E-state index is 10.7. The van der Waals surface area contributed by atoms with Crippen LogP contribution in [0, 0.1) is 6.92 Å². The molecular formula is C7H12NO. The second-order valence-corrected chi connectivity index (χ2v) is 2.51. The monoisotopic (exact) mass is 126 g/mol. The van der Waals surface area contributed by atoms with E-state index in [1.807, 2.05) is 4.90 Å². The van der Waals surface area contributed by atoms with Gasteiger partial charge in [-0.15, -0.1) is 0 Å². The summed E-state index contributed by atoms with van der Waals surface area (Å²) in [4.78, 5) is 12.6. The molecule has 1 heterocycles. The molecule has 1 aliphatic rings. The number of likely N-dealkylation sites (tertiary alicyclic amines) is 1. The molecule has 0 aromatic carbocycles. The largest absolute Gasteiger partial charge is 0.340 e. The average Bonchev–Trinajstić information content (AvgIpc) is 2.13. The minimum atomic E-state index is 0.160. The average molecular weight is 126 g/mol. The van der Waals surface area contributed by atoms with Crippen LogP contribution in [0.15, 0.2) is 0 Å². The van der Waals surface area contributed by atoms with Crippen molar-refractivity contribution in [3.05, 3.63) is 6.92 Å². The fourth-order valence-corrected chi connectivity index (χ4v) is 1.25. The van der Waals surface area contributed by atoms with Crippen LogP contribution >= 0.6 is 0 Å². The lowest BCUT2D eigenvalue weighted by Crippen LogP contribution is -2.31. The first-order valence-electron chi connectivity index (χ1n) is 3.32. The second-order valence-electron chi connectivity index (χ2n) is 2.51. The molecule has 1 aliphatic heterocycles. The molecule has 1 atom stereocenters. The van der Waals surface area contributed by atoms with Crippen molar-refractivity contribution in [1.29, 1.82) is 0 Å². The van der Waals surface area contributed by atoms with Gasteiger partial charge in [0.05, 0.1) is 0 Å². The Hall–Kier alpha value is -0.530. The Morgan fingerprint density at radius 1 is 1.78 bits per heavy atom. The van der Waals surface area contributed by atoms with E-state index in [1.165, 1.54) is 0 Å². The van der Waals surface area contributed by atoms with Crippen molar-refractivity contribution in [1.82, 2.24) is 4.90 Å². The third-order valence-electron chi connectivity index (χ3n) is 1.78. The second kappa shape index (κ2) is 2.38. The highest BCUT2D eigenvalue weighted by molar-refractivity contribution is 5.73. The molecule has 0 saturated carbocycles. The molecule has 0 aromatic heterocycles. The summed E-state index contributed by atoms with van der Waals surface area (Å²) in [5.74, 6) is 0.160. The quantitative estimate of drug-likeness (QED) is 0.471. The van der Waals surface area contributed by atoms with Crippen LogP contribution < -0.4 is 0 Å². The zero-order chi connectivity index (χ0) is 6.85. The summed E-state index contributed by atoms with van der Waals surface area (Å²) in [5.41, 5.74) is 0. The van der Waals surface area contributed by atoms with Crippen molar-refractivity contribution in [2.24, 2.45) is 0 Å². The Morgan fingerprint density at radius 2 is 2.44 bits per heavy atom. The summed E-state index contributed by atoms with van der Waals surface area (Å²) < 4.78 is 0. The summed E-state index contributed by atoms with van der Waals surface area (Å²) in [5, 5.41) is 0. The molecule has 0 spiro atoms. The molecule has 2 nitrogen and oxygen atoms in total. The van der Waals surface area contributed by atoms with Crippen LogP contribution in [-0.2, 0) is 4.79 Å². The number of rotatable bonds is 0. The van der Waals surface area contributed by atoms with E-state index >= 15 is 0 Å². The molecule has 0 aromatic rings. The first kappa shape index (κ1) is 6.59. The fraction of sp³-hybridized carbons (Fsp3) is 0.714. The Labute approximate surface area is 55.8 Å². The predicted molar refractivity (Wildman–Crippen MR) is 35.8 cm³/mol. The highest BCUT2D eigenvalue weighted by Gasteiger charge is 2.21. The van der Waals surface area contributed by atoms with Gasteiger partial charge in [-0.25, -0.2) is 0 Å². The SMILES string of the molecule is [CH2][C@H]1CCCN1C(C)=O. The van der Waals surface area contributed by atoms with Crippen LogP contribution in [0.2, 0.25) is 0 Å². The van der Waals surface area contributed by atoms with Crippen LogP contribution in [0.1, 0.15) is 19.8 Å². The van der Waals surface area contributed by atoms with Gasteiger partial charge < -0.3 is 4.90 Å². The molecular weight excluding hydrogens is 114 g/mol. The zero-order valence-electron chi connectivity index (χ0n) is 5.76. The lowest BCUT2D eigenvalue weighted by atomic mass is 10.2. The van der Waals surface area contributed by atoms with Crippen molar-refractivity contribution >= 4 is 5.91 Å². The van der Waals surface area contributed by atoms with E-state index in [-0.39, 0.29) is 11.9 Å². The molecule has 51 valence electrons. The van der Waals surface area contributed by atoms with E-state index < -0.39 is 0 Å². The van der Waals surface area contributed by atoms with Crippen LogP contribution in [0.5, 0.6) is 0 Å². The molecule has 1 fully saturated rings. The normalized spacial score (nSPS) is 26.9. The van der Waals surface area contributed by atoms with E-state index in [0.29, 0.717) is 0 Å². The van der Waals surface area contributed by atoms with Gasteiger partial charge in [-0.2, -0.15) is 0 Å². The molecule has 1 rings (SSSR count). The Balaban J connectivity index is 2.49. The molecule has 9 heavy (non-hydrogen) atoms. The highest BCUT2D eigenvalue weighted by Crippen LogP contribution is 2.15. The van der Waals surface area contributed by atoms with Crippen LogP contribution in [-0.4, -0.2) is 23.4 Å². The lowest BCUT2D eigenvalue weighted by molar-refractivity contribution is -0.128. The maximum Gasteiger partial charge on any atom is 0.219 e. The predicted octanol–water partition coefficient (Wildman–Crippen LogP) is 0.831. The number of nitrogens with zero attached hydrogens (tertiary/aromatic N) is 1. The lowest BCUT2D eigenvalue weighted by Gasteiger charge is -2.18. The van der Waals surface area contributed by atoms with Gasteiger partial charge in [-0.05, 0) is 19.8 Å². The van der Waals surface area contributed by atoms with Gasteiger partial charge in [-0.1, -0.05) is 0 Å². The topological polar surface area (TPSA) is 20.3 Å². The van der Waals surface area contributed by atoms with Crippen molar-refractivity contribution in [3.63, 3.8) is 0 Å². The summed E-state index contributed by atoms with van der Waals surface area (Å²) >= 11 is 0. The smallest absolute Gasteiger partial charge is 0.219 e. The van der Waals surface area contributed by atoms with E-state index in [4.69, 9.17) is 0 Å². The van der Waals surface area contributed by atoms with Gasteiger partial charge in [0.2, 0.25) is 5.91 Å². The maximum absolute atomic E-state index is 10.7. The summed E-state index contributed by atoms with van der Waals surface area (Å²) in [6.45, 7) is 6.35. The third-order valence-corrected chi connectivity index (χ3v) is 1.78. The molecule has 2 heteroatoms. The van der Waals surface area contributed by atoms with E-state index in [1.54, 1.807) is 6.92 Å². The van der Waals surface area contributed by atoms with Crippen molar-refractivity contribution in [3.8, 4) is 0 Å². The minimum Gasteiger partial charge on any atom is -0.340 e. The summed E-state index contributed by atoms with van der Waals surface area (Å²) in [6, 6.07) is 0.238. The summed E-state index contributed by atoms with van der Waals surface area (Å²) in [7, 11) is 0.